The Hall–Kier alpha value is -5.94. The third kappa shape index (κ3) is 6.53. The van der Waals surface area contributed by atoms with Crippen LogP contribution in [-0.2, 0) is 0 Å². The summed E-state index contributed by atoms with van der Waals surface area (Å²) in [7, 11) is 0. The second-order valence-electron chi connectivity index (χ2n) is 14.0. The van der Waals surface area contributed by atoms with Gasteiger partial charge in [-0.25, -0.2) is 9.98 Å². The normalized spacial score (nSPS) is 14.9. The minimum Gasteiger partial charge on any atom is -0.354 e. The molecule has 0 atom stereocenters. The first-order valence-electron chi connectivity index (χ1n) is 18.4. The van der Waals surface area contributed by atoms with Gasteiger partial charge in [0.25, 0.3) is 0 Å². The zero-order chi connectivity index (χ0) is 38.6. The van der Waals surface area contributed by atoms with Gasteiger partial charge in [0, 0.05) is 53.1 Å². The number of halogens is 4. The van der Waals surface area contributed by atoms with Gasteiger partial charge in [-0.1, -0.05) is 125 Å². The van der Waals surface area contributed by atoms with Crippen molar-refractivity contribution in [3.8, 4) is 11.1 Å². The average Bonchev–Trinajstić information content (AvgIpc) is 4.03. The van der Waals surface area contributed by atoms with Crippen LogP contribution < -0.4 is 10.7 Å². The van der Waals surface area contributed by atoms with Gasteiger partial charge in [-0.15, -0.1) is 0 Å². The van der Waals surface area contributed by atoms with Crippen molar-refractivity contribution < 1.29 is 0 Å². The fourth-order valence-electron chi connectivity index (χ4n) is 7.93. The molecule has 4 aromatic carbocycles. The molecule has 0 amide bonds. The van der Waals surface area contributed by atoms with Gasteiger partial charge in [0.1, 0.15) is 0 Å². The van der Waals surface area contributed by atoms with Gasteiger partial charge in [0.05, 0.1) is 22.8 Å². The maximum Gasteiger partial charge on any atom is 0.0738 e. The highest BCUT2D eigenvalue weighted by molar-refractivity contribution is 6.36. The van der Waals surface area contributed by atoms with E-state index in [2.05, 4.69) is 102 Å². The highest BCUT2D eigenvalue weighted by Crippen LogP contribution is 2.45. The predicted octanol–water partition coefficient (Wildman–Crippen LogP) is 12.4. The lowest BCUT2D eigenvalue weighted by molar-refractivity contribution is 1.25. The fraction of sp³-hybridized carbons (Fsp3) is 0. The molecule has 1 aromatic heterocycles. The summed E-state index contributed by atoms with van der Waals surface area (Å²) >= 11 is 25.8. The minimum atomic E-state index is 0.654. The smallest absolute Gasteiger partial charge is 0.0738 e. The molecular weight excluding hydrogens is 784 g/mol. The molecule has 0 radical (unpaired) electrons. The van der Waals surface area contributed by atoms with Crippen molar-refractivity contribution in [3.63, 3.8) is 0 Å². The van der Waals surface area contributed by atoms with Crippen molar-refractivity contribution in [1.29, 1.82) is 0 Å². The van der Waals surface area contributed by atoms with Gasteiger partial charge in [-0.05, 0) is 136 Å². The molecule has 0 saturated carbocycles. The summed E-state index contributed by atoms with van der Waals surface area (Å²) in [6, 6.07) is 49.0. The number of rotatable bonds is 4. The Morgan fingerprint density at radius 1 is 0.333 bits per heavy atom. The van der Waals surface area contributed by atoms with Crippen molar-refractivity contribution in [2.45, 2.75) is 0 Å². The van der Waals surface area contributed by atoms with Crippen molar-refractivity contribution >= 4 is 80.1 Å². The lowest BCUT2D eigenvalue weighted by Crippen LogP contribution is -2.19. The van der Waals surface area contributed by atoms with Crippen molar-refractivity contribution in [1.82, 2.24) is 4.98 Å². The maximum absolute atomic E-state index is 6.49. The van der Waals surface area contributed by atoms with Crippen LogP contribution in [0.15, 0.2) is 191 Å². The summed E-state index contributed by atoms with van der Waals surface area (Å²) < 4.78 is 0. The van der Waals surface area contributed by atoms with Crippen LogP contribution in [0.4, 0.5) is 0 Å². The number of fused-ring (bicyclic) bond motifs is 9. The molecule has 4 heterocycles. The molecule has 0 unspecified atom stereocenters. The quantitative estimate of drug-likeness (QED) is 0.184. The molecule has 1 N–H and O–H groups in total. The van der Waals surface area contributed by atoms with Crippen molar-refractivity contribution in [3.05, 3.63) is 245 Å². The minimum absolute atomic E-state index is 0.654. The van der Waals surface area contributed by atoms with Crippen LogP contribution in [0.5, 0.6) is 0 Å². The van der Waals surface area contributed by atoms with Gasteiger partial charge < -0.3 is 4.98 Å². The van der Waals surface area contributed by atoms with Crippen LogP contribution in [0, 0.1) is 0 Å². The van der Waals surface area contributed by atoms with Crippen LogP contribution in [0.3, 0.4) is 0 Å². The Bertz CT molecular complexity index is 3050. The first-order valence-corrected chi connectivity index (χ1v) is 19.9. The van der Waals surface area contributed by atoms with Crippen LogP contribution in [0.1, 0.15) is 33.4 Å². The molecular formula is C50H29Cl4N3. The van der Waals surface area contributed by atoms with E-state index in [1.54, 1.807) is 0 Å². The Kier molecular flexibility index (Phi) is 9.04. The SMILES string of the molecule is Clc1ccc(C2=C3C=CC(=N3)C(c3ccc(Cl)cc3)=c3ccc([nH]3)=C(c3ccc(Cl)cc3)c3cc(c4cccccc3-4)C(c3ccc(Cl)cc3)=C3C=CC2=N3)cc1. The number of hydrogen-bond acceptors (Lipinski definition) is 2. The molecule has 7 heteroatoms. The van der Waals surface area contributed by atoms with Gasteiger partial charge >= 0.3 is 0 Å². The Morgan fingerprint density at radius 3 is 1.23 bits per heavy atom. The second-order valence-corrected chi connectivity index (χ2v) is 15.7. The zero-order valence-corrected chi connectivity index (χ0v) is 33.1. The molecule has 2 aliphatic carbocycles. The molecule has 8 bridgehead atoms. The number of H-pyrrole nitrogens is 1. The summed E-state index contributed by atoms with van der Waals surface area (Å²) in [4.78, 5) is 14.7. The molecule has 10 rings (SSSR count). The number of aromatic amines is 1. The summed E-state index contributed by atoms with van der Waals surface area (Å²) in [6.45, 7) is 0. The van der Waals surface area contributed by atoms with Crippen molar-refractivity contribution in [2.75, 3.05) is 0 Å². The number of hydrogen-bond donors (Lipinski definition) is 1. The van der Waals surface area contributed by atoms with E-state index in [9.17, 15) is 0 Å². The largest absolute Gasteiger partial charge is 0.354 e. The Balaban J connectivity index is 1.39. The zero-order valence-electron chi connectivity index (χ0n) is 30.1. The van der Waals surface area contributed by atoms with E-state index in [-0.39, 0.29) is 0 Å². The van der Waals surface area contributed by atoms with E-state index in [1.165, 1.54) is 0 Å². The monoisotopic (exact) mass is 811 g/mol. The van der Waals surface area contributed by atoms with E-state index in [0.717, 1.165) is 100 Å². The molecule has 0 spiro atoms. The standard InChI is InChI=1S/C50H29Cl4N3/c51-33-14-6-29(7-15-33)47-39-28-40(38-5-3-1-2-4-37(38)39)48(30-8-16-34(52)17-9-30)42-23-25-44(56-42)50(32-12-20-36(54)21-13-32)46-27-26-45(57-46)49(43-24-22-41(47)55-43)31-10-18-35(53)19-11-31/h1-28,55H. The van der Waals surface area contributed by atoms with E-state index >= 15 is 0 Å². The molecule has 57 heavy (non-hydrogen) atoms. The highest BCUT2D eigenvalue weighted by atomic mass is 35.5. The molecule has 0 saturated heterocycles. The van der Waals surface area contributed by atoms with E-state index < -0.39 is 0 Å². The van der Waals surface area contributed by atoms with E-state index in [1.807, 2.05) is 72.8 Å². The summed E-state index contributed by atoms with van der Waals surface area (Å²) in [6.07, 6.45) is 8.32. The first kappa shape index (κ1) is 35.5. The van der Waals surface area contributed by atoms with Gasteiger partial charge in [-0.2, -0.15) is 0 Å². The third-order valence-electron chi connectivity index (χ3n) is 10.5. The van der Waals surface area contributed by atoms with Crippen LogP contribution in [0.2, 0.25) is 20.1 Å². The summed E-state index contributed by atoms with van der Waals surface area (Å²) in [5.41, 5.74) is 15.3. The molecule has 272 valence electrons. The van der Waals surface area contributed by atoms with Gasteiger partial charge in [-0.3, -0.25) is 0 Å². The number of nitrogens with zero attached hydrogens (tertiary/aromatic N) is 2. The number of benzene rings is 4. The fourth-order valence-corrected chi connectivity index (χ4v) is 8.43. The lowest BCUT2D eigenvalue weighted by atomic mass is 9.94. The number of nitrogens with one attached hydrogen (secondary N) is 1. The Labute approximate surface area is 349 Å². The van der Waals surface area contributed by atoms with E-state index in [0.29, 0.717) is 20.1 Å². The van der Waals surface area contributed by atoms with E-state index in [4.69, 9.17) is 56.4 Å². The number of allylic oxidation sites excluding steroid dienone is 5. The Morgan fingerprint density at radius 2 is 0.719 bits per heavy atom. The molecule has 3 nitrogen and oxygen atoms in total. The van der Waals surface area contributed by atoms with Crippen LogP contribution in [0.25, 0.3) is 33.4 Å². The maximum atomic E-state index is 6.49. The molecule has 5 aliphatic rings. The lowest BCUT2D eigenvalue weighted by Gasteiger charge is -2.12. The molecule has 0 fully saturated rings. The van der Waals surface area contributed by atoms with Crippen molar-refractivity contribution in [2.24, 2.45) is 9.98 Å². The third-order valence-corrected chi connectivity index (χ3v) is 11.5. The predicted molar refractivity (Wildman–Crippen MR) is 239 cm³/mol. The second kappa shape index (κ2) is 14.5. The summed E-state index contributed by atoms with van der Waals surface area (Å²) in [5, 5.41) is 4.50. The number of aliphatic imine (C=N–C) groups is 2. The van der Waals surface area contributed by atoms with Crippen LogP contribution >= 0.6 is 46.4 Å². The molecule has 3 aliphatic heterocycles. The van der Waals surface area contributed by atoms with Crippen LogP contribution in [-0.4, -0.2) is 16.4 Å². The highest BCUT2D eigenvalue weighted by Gasteiger charge is 2.27. The average molecular weight is 814 g/mol. The molecule has 5 aromatic rings. The van der Waals surface area contributed by atoms with Gasteiger partial charge in [0.15, 0.2) is 0 Å². The topological polar surface area (TPSA) is 40.5 Å². The first-order chi connectivity index (χ1) is 27.9. The summed E-state index contributed by atoms with van der Waals surface area (Å²) in [5.74, 6) is 0. The number of aromatic nitrogens is 1. The van der Waals surface area contributed by atoms with Gasteiger partial charge in [0.2, 0.25) is 0 Å².